The minimum atomic E-state index is 0. The molecule has 0 bridgehead atoms. The highest BCUT2D eigenvalue weighted by Gasteiger charge is 2.07. The van der Waals surface area contributed by atoms with Crippen LogP contribution in [0.5, 0.6) is 11.5 Å². The Morgan fingerprint density at radius 3 is 2.46 bits per heavy atom. The lowest BCUT2D eigenvalue weighted by Gasteiger charge is -2.14. The van der Waals surface area contributed by atoms with Crippen LogP contribution in [-0.4, -0.2) is 33.3 Å². The van der Waals surface area contributed by atoms with Crippen molar-refractivity contribution in [2.75, 3.05) is 32.7 Å². The molecular weight excluding hydrogens is 469 g/mol. The summed E-state index contributed by atoms with van der Waals surface area (Å²) in [5.41, 5.74) is 3.15. The van der Waals surface area contributed by atoms with Gasteiger partial charge in [0.05, 0.1) is 26.9 Å². The topological polar surface area (TPSA) is 64.1 Å². The van der Waals surface area contributed by atoms with Crippen LogP contribution >= 0.6 is 24.0 Å². The van der Waals surface area contributed by atoms with Gasteiger partial charge in [-0.1, -0.05) is 24.3 Å². The van der Waals surface area contributed by atoms with Crippen LogP contribution in [0.1, 0.15) is 25.0 Å². The fourth-order valence-corrected chi connectivity index (χ4v) is 2.62. The molecule has 0 radical (unpaired) electrons. The number of nitrogens with zero attached hydrogens (tertiary/aromatic N) is 1. The van der Waals surface area contributed by atoms with Crippen molar-refractivity contribution in [1.82, 2.24) is 5.32 Å². The lowest BCUT2D eigenvalue weighted by atomic mass is 10.1. The van der Waals surface area contributed by atoms with Gasteiger partial charge >= 0.3 is 0 Å². The van der Waals surface area contributed by atoms with E-state index in [1.165, 1.54) is 0 Å². The molecule has 7 heteroatoms. The fraction of sp³-hybridized carbons (Fsp3) is 0.381. The summed E-state index contributed by atoms with van der Waals surface area (Å²) < 4.78 is 16.2. The SMILES string of the molecule is CCNC(=NCc1cccc(COC)c1)Nc1ccc(OCC)c(OC)c1.I. The molecule has 0 unspecified atom stereocenters. The predicted octanol–water partition coefficient (Wildman–Crippen LogP) is 4.44. The number of nitrogens with one attached hydrogen (secondary N) is 2. The largest absolute Gasteiger partial charge is 0.493 e. The van der Waals surface area contributed by atoms with E-state index in [0.29, 0.717) is 31.5 Å². The zero-order valence-electron chi connectivity index (χ0n) is 17.0. The fourth-order valence-electron chi connectivity index (χ4n) is 2.62. The van der Waals surface area contributed by atoms with Crippen molar-refractivity contribution in [3.63, 3.8) is 0 Å². The molecule has 0 amide bonds. The summed E-state index contributed by atoms with van der Waals surface area (Å²) in [7, 11) is 3.33. The number of ether oxygens (including phenoxy) is 3. The van der Waals surface area contributed by atoms with E-state index >= 15 is 0 Å². The Kier molecular flexibility index (Phi) is 11.4. The summed E-state index contributed by atoms with van der Waals surface area (Å²) in [6.45, 7) is 6.51. The lowest BCUT2D eigenvalue weighted by Crippen LogP contribution is -2.30. The highest BCUT2D eigenvalue weighted by molar-refractivity contribution is 14.0. The first-order chi connectivity index (χ1) is 13.2. The molecule has 0 fully saturated rings. The summed E-state index contributed by atoms with van der Waals surface area (Å²) in [5.74, 6) is 2.12. The molecule has 0 saturated carbocycles. The third kappa shape index (κ3) is 7.55. The zero-order chi connectivity index (χ0) is 19.5. The number of rotatable bonds is 9. The number of hydrogen-bond acceptors (Lipinski definition) is 4. The van der Waals surface area contributed by atoms with Crippen LogP contribution in [-0.2, 0) is 17.9 Å². The number of halogens is 1. The molecule has 0 aliphatic carbocycles. The van der Waals surface area contributed by atoms with Gasteiger partial charge in [-0.2, -0.15) is 0 Å². The Balaban J connectivity index is 0.00000392. The van der Waals surface area contributed by atoms with E-state index in [4.69, 9.17) is 14.2 Å². The van der Waals surface area contributed by atoms with Crippen molar-refractivity contribution < 1.29 is 14.2 Å². The van der Waals surface area contributed by atoms with Gasteiger partial charge in [-0.05, 0) is 37.1 Å². The average molecular weight is 499 g/mol. The van der Waals surface area contributed by atoms with E-state index in [1.807, 2.05) is 44.2 Å². The van der Waals surface area contributed by atoms with Crippen LogP contribution < -0.4 is 20.1 Å². The highest BCUT2D eigenvalue weighted by Crippen LogP contribution is 2.30. The molecular formula is C21H30IN3O3. The summed E-state index contributed by atoms with van der Waals surface area (Å²) in [6.07, 6.45) is 0. The summed E-state index contributed by atoms with van der Waals surface area (Å²) in [6, 6.07) is 14.0. The van der Waals surface area contributed by atoms with E-state index < -0.39 is 0 Å². The van der Waals surface area contributed by atoms with Crippen molar-refractivity contribution in [1.29, 1.82) is 0 Å². The van der Waals surface area contributed by atoms with Gasteiger partial charge in [0, 0.05) is 25.4 Å². The van der Waals surface area contributed by atoms with Crippen LogP contribution in [0.15, 0.2) is 47.5 Å². The number of guanidine groups is 1. The third-order valence-electron chi connectivity index (χ3n) is 3.79. The van der Waals surface area contributed by atoms with Crippen molar-refractivity contribution >= 4 is 35.6 Å². The normalized spacial score (nSPS) is 10.8. The van der Waals surface area contributed by atoms with Gasteiger partial charge in [0.15, 0.2) is 17.5 Å². The molecule has 0 heterocycles. The summed E-state index contributed by atoms with van der Waals surface area (Å²) in [5, 5.41) is 6.57. The number of methoxy groups -OCH3 is 2. The molecule has 0 spiro atoms. The molecule has 28 heavy (non-hydrogen) atoms. The Bertz CT molecular complexity index is 753. The smallest absolute Gasteiger partial charge is 0.196 e. The molecule has 2 N–H and O–H groups in total. The van der Waals surface area contributed by atoms with Crippen LogP contribution in [0.4, 0.5) is 5.69 Å². The van der Waals surface area contributed by atoms with Gasteiger partial charge in [0.1, 0.15) is 0 Å². The minimum Gasteiger partial charge on any atom is -0.493 e. The van der Waals surface area contributed by atoms with Gasteiger partial charge in [0.25, 0.3) is 0 Å². The first kappa shape index (κ1) is 24.0. The maximum absolute atomic E-state index is 5.56. The summed E-state index contributed by atoms with van der Waals surface area (Å²) in [4.78, 5) is 4.68. The molecule has 2 aromatic carbocycles. The van der Waals surface area contributed by atoms with Crippen LogP contribution in [0.3, 0.4) is 0 Å². The molecule has 0 aliphatic rings. The Morgan fingerprint density at radius 2 is 1.79 bits per heavy atom. The first-order valence-electron chi connectivity index (χ1n) is 9.13. The maximum Gasteiger partial charge on any atom is 0.196 e. The average Bonchev–Trinajstić information content (AvgIpc) is 2.68. The molecule has 154 valence electrons. The zero-order valence-corrected chi connectivity index (χ0v) is 19.3. The lowest BCUT2D eigenvalue weighted by molar-refractivity contribution is 0.185. The van der Waals surface area contributed by atoms with Crippen LogP contribution in [0.25, 0.3) is 0 Å². The quantitative estimate of drug-likeness (QED) is 0.304. The van der Waals surface area contributed by atoms with E-state index in [-0.39, 0.29) is 24.0 Å². The van der Waals surface area contributed by atoms with Crippen LogP contribution in [0, 0.1) is 0 Å². The van der Waals surface area contributed by atoms with Crippen molar-refractivity contribution in [2.45, 2.75) is 27.0 Å². The van der Waals surface area contributed by atoms with E-state index in [9.17, 15) is 0 Å². The standard InChI is InChI=1S/C21H29N3O3.HI/c1-5-22-21(23-14-16-8-7-9-17(12-16)15-25-3)24-18-10-11-19(27-6-2)20(13-18)26-4;/h7-13H,5-6,14-15H2,1-4H3,(H2,22,23,24);1H. The van der Waals surface area contributed by atoms with Crippen molar-refractivity contribution in [3.8, 4) is 11.5 Å². The van der Waals surface area contributed by atoms with Gasteiger partial charge in [-0.25, -0.2) is 4.99 Å². The van der Waals surface area contributed by atoms with Crippen molar-refractivity contribution in [2.24, 2.45) is 4.99 Å². The molecule has 0 aliphatic heterocycles. The Labute approximate surface area is 184 Å². The van der Waals surface area contributed by atoms with E-state index in [1.54, 1.807) is 14.2 Å². The number of anilines is 1. The molecule has 2 rings (SSSR count). The first-order valence-corrected chi connectivity index (χ1v) is 9.13. The maximum atomic E-state index is 5.56. The van der Waals surface area contributed by atoms with Crippen LogP contribution in [0.2, 0.25) is 0 Å². The van der Waals surface area contributed by atoms with E-state index in [0.717, 1.165) is 29.1 Å². The second-order valence-electron chi connectivity index (χ2n) is 5.87. The molecule has 0 atom stereocenters. The van der Waals surface area contributed by atoms with Gasteiger partial charge < -0.3 is 24.8 Å². The summed E-state index contributed by atoms with van der Waals surface area (Å²) >= 11 is 0. The molecule has 2 aromatic rings. The molecule has 0 saturated heterocycles. The number of aliphatic imine (C=N–C) groups is 1. The van der Waals surface area contributed by atoms with Gasteiger partial charge in [-0.3, -0.25) is 0 Å². The van der Waals surface area contributed by atoms with E-state index in [2.05, 4.69) is 27.8 Å². The van der Waals surface area contributed by atoms with Crippen molar-refractivity contribution in [3.05, 3.63) is 53.6 Å². The Hall–Kier alpha value is -2.00. The predicted molar refractivity (Wildman–Crippen MR) is 125 cm³/mol. The second-order valence-corrected chi connectivity index (χ2v) is 5.87. The van der Waals surface area contributed by atoms with Gasteiger partial charge in [0.2, 0.25) is 0 Å². The number of hydrogen-bond donors (Lipinski definition) is 2. The minimum absolute atomic E-state index is 0. The molecule has 6 nitrogen and oxygen atoms in total. The second kappa shape index (κ2) is 13.2. The highest BCUT2D eigenvalue weighted by atomic mass is 127. The molecule has 0 aromatic heterocycles. The third-order valence-corrected chi connectivity index (χ3v) is 3.79. The monoisotopic (exact) mass is 499 g/mol. The number of benzene rings is 2. The Morgan fingerprint density at radius 1 is 1.00 bits per heavy atom. The van der Waals surface area contributed by atoms with Gasteiger partial charge in [-0.15, -0.1) is 24.0 Å².